The lowest BCUT2D eigenvalue weighted by Crippen LogP contribution is -2.13. The van der Waals surface area contributed by atoms with Gasteiger partial charge in [-0.15, -0.1) is 0 Å². The highest BCUT2D eigenvalue weighted by molar-refractivity contribution is 5.93. The molecular weight excluding hydrogens is 172 g/mol. The average Bonchev–Trinajstić information content (AvgIpc) is 2.74. The second kappa shape index (κ2) is 3.72. The van der Waals surface area contributed by atoms with Crippen LogP contribution in [0.1, 0.15) is 17.0 Å². The summed E-state index contributed by atoms with van der Waals surface area (Å²) in [7, 11) is 0. The molecule has 70 valence electrons. The number of ketones is 1. The van der Waals surface area contributed by atoms with Crippen molar-refractivity contribution >= 4 is 5.78 Å². The van der Waals surface area contributed by atoms with Gasteiger partial charge in [-0.25, -0.2) is 0 Å². The van der Waals surface area contributed by atoms with Crippen molar-refractivity contribution in [2.45, 2.75) is 12.7 Å². The molecule has 2 rings (SSSR count). The lowest BCUT2D eigenvalue weighted by molar-refractivity contribution is -0.0411. The predicted octanol–water partition coefficient (Wildman–Crippen LogP) is 1.23. The molecule has 0 aliphatic carbocycles. The molecular formula is C9H10O4. The summed E-state index contributed by atoms with van der Waals surface area (Å²) in [4.78, 5) is 11.4. The van der Waals surface area contributed by atoms with Crippen LogP contribution in [0.2, 0.25) is 0 Å². The van der Waals surface area contributed by atoms with Crippen LogP contribution in [0.3, 0.4) is 0 Å². The number of carbonyl (C=O) groups excluding carboxylic acids is 1. The summed E-state index contributed by atoms with van der Waals surface area (Å²) in [5.41, 5.74) is 0. The Hall–Kier alpha value is -1.13. The first-order valence-corrected chi connectivity index (χ1v) is 4.16. The molecule has 1 aromatic heterocycles. The predicted molar refractivity (Wildman–Crippen MR) is 43.3 cm³/mol. The Kier molecular flexibility index (Phi) is 2.42. The lowest BCUT2D eigenvalue weighted by atomic mass is 10.2. The topological polar surface area (TPSA) is 48.7 Å². The summed E-state index contributed by atoms with van der Waals surface area (Å²) in [5, 5.41) is 0. The summed E-state index contributed by atoms with van der Waals surface area (Å²) in [6.45, 7) is 1.13. The van der Waals surface area contributed by atoms with Gasteiger partial charge in [-0.1, -0.05) is 0 Å². The Balaban J connectivity index is 1.91. The van der Waals surface area contributed by atoms with Crippen molar-refractivity contribution in [2.75, 3.05) is 13.2 Å². The van der Waals surface area contributed by atoms with Crippen LogP contribution in [-0.2, 0) is 9.47 Å². The first-order chi connectivity index (χ1) is 6.36. The van der Waals surface area contributed by atoms with Crippen LogP contribution in [0.15, 0.2) is 22.8 Å². The van der Waals surface area contributed by atoms with Crippen molar-refractivity contribution in [1.29, 1.82) is 0 Å². The third-order valence-electron chi connectivity index (χ3n) is 1.84. The van der Waals surface area contributed by atoms with E-state index in [2.05, 4.69) is 0 Å². The van der Waals surface area contributed by atoms with Crippen molar-refractivity contribution in [2.24, 2.45) is 0 Å². The van der Waals surface area contributed by atoms with E-state index in [4.69, 9.17) is 13.9 Å². The normalized spacial score (nSPS) is 17.8. The molecule has 0 saturated carbocycles. The highest BCUT2D eigenvalue weighted by Crippen LogP contribution is 2.12. The van der Waals surface area contributed by atoms with Crippen molar-refractivity contribution in [3.05, 3.63) is 24.2 Å². The molecule has 0 unspecified atom stereocenters. The molecule has 0 N–H and O–H groups in total. The number of hydrogen-bond donors (Lipinski definition) is 0. The van der Waals surface area contributed by atoms with Gasteiger partial charge in [0.05, 0.1) is 25.9 Å². The zero-order valence-corrected chi connectivity index (χ0v) is 7.06. The summed E-state index contributed by atoms with van der Waals surface area (Å²) in [5.74, 6) is 0.274. The molecule has 0 amide bonds. The molecule has 1 aromatic rings. The maximum absolute atomic E-state index is 11.4. The second-order valence-electron chi connectivity index (χ2n) is 2.78. The number of Topliss-reactive ketones (excluding diaryl/α,β-unsaturated/α-hetero) is 1. The van der Waals surface area contributed by atoms with Crippen LogP contribution in [0, 0.1) is 0 Å². The highest BCUT2D eigenvalue weighted by Gasteiger charge is 2.21. The van der Waals surface area contributed by atoms with Crippen LogP contribution >= 0.6 is 0 Å². The summed E-state index contributed by atoms with van der Waals surface area (Å²) >= 11 is 0. The van der Waals surface area contributed by atoms with Crippen molar-refractivity contribution in [3.63, 3.8) is 0 Å². The number of ether oxygens (including phenoxy) is 2. The molecule has 1 aliphatic heterocycles. The number of carbonyl (C=O) groups is 1. The minimum atomic E-state index is -0.391. The molecule has 0 atom stereocenters. The van der Waals surface area contributed by atoms with Crippen LogP contribution < -0.4 is 0 Å². The SMILES string of the molecule is O=C(CC1OCCO1)c1ccco1. The van der Waals surface area contributed by atoms with Gasteiger partial charge in [-0.2, -0.15) is 0 Å². The Morgan fingerprint density at radius 1 is 1.46 bits per heavy atom. The van der Waals surface area contributed by atoms with Crippen LogP contribution in [-0.4, -0.2) is 25.3 Å². The molecule has 4 nitrogen and oxygen atoms in total. The molecule has 2 heterocycles. The fraction of sp³-hybridized carbons (Fsp3) is 0.444. The average molecular weight is 182 g/mol. The standard InChI is InChI=1S/C9H10O4/c10-7(8-2-1-3-11-8)6-9-12-4-5-13-9/h1-3,9H,4-6H2. The first-order valence-electron chi connectivity index (χ1n) is 4.16. The van der Waals surface area contributed by atoms with E-state index in [9.17, 15) is 4.79 Å². The Morgan fingerprint density at radius 2 is 2.23 bits per heavy atom. The molecule has 0 spiro atoms. The third-order valence-corrected chi connectivity index (χ3v) is 1.84. The van der Waals surface area contributed by atoms with E-state index in [-0.39, 0.29) is 12.2 Å². The quantitative estimate of drug-likeness (QED) is 0.659. The molecule has 0 radical (unpaired) electrons. The molecule has 4 heteroatoms. The van der Waals surface area contributed by atoms with Crippen LogP contribution in [0.4, 0.5) is 0 Å². The van der Waals surface area contributed by atoms with E-state index in [0.29, 0.717) is 19.0 Å². The van der Waals surface area contributed by atoms with Gasteiger partial charge in [0.15, 0.2) is 12.1 Å². The van der Waals surface area contributed by atoms with Gasteiger partial charge >= 0.3 is 0 Å². The molecule has 13 heavy (non-hydrogen) atoms. The van der Waals surface area contributed by atoms with Crippen molar-refractivity contribution in [1.82, 2.24) is 0 Å². The zero-order chi connectivity index (χ0) is 9.10. The van der Waals surface area contributed by atoms with Gasteiger partial charge in [0.25, 0.3) is 0 Å². The van der Waals surface area contributed by atoms with Gasteiger partial charge in [0.2, 0.25) is 5.78 Å². The Morgan fingerprint density at radius 3 is 2.85 bits per heavy atom. The molecule has 0 aromatic carbocycles. The van der Waals surface area contributed by atoms with E-state index < -0.39 is 6.29 Å². The third kappa shape index (κ3) is 1.96. The second-order valence-corrected chi connectivity index (χ2v) is 2.78. The maximum atomic E-state index is 11.4. The van der Waals surface area contributed by atoms with Gasteiger partial charge in [0.1, 0.15) is 0 Å². The first kappa shape index (κ1) is 8.47. The molecule has 1 aliphatic rings. The summed E-state index contributed by atoms with van der Waals surface area (Å²) in [6, 6.07) is 3.32. The Bertz CT molecular complexity index is 272. The smallest absolute Gasteiger partial charge is 0.203 e. The Labute approximate surface area is 75.4 Å². The summed E-state index contributed by atoms with van der Waals surface area (Å²) in [6.07, 6.45) is 1.31. The van der Waals surface area contributed by atoms with E-state index in [0.717, 1.165) is 0 Å². The largest absolute Gasteiger partial charge is 0.461 e. The van der Waals surface area contributed by atoms with Gasteiger partial charge in [-0.3, -0.25) is 4.79 Å². The highest BCUT2D eigenvalue weighted by atomic mass is 16.7. The van der Waals surface area contributed by atoms with Gasteiger partial charge in [-0.05, 0) is 12.1 Å². The monoisotopic (exact) mass is 182 g/mol. The van der Waals surface area contributed by atoms with Crippen molar-refractivity contribution in [3.8, 4) is 0 Å². The van der Waals surface area contributed by atoms with Crippen LogP contribution in [0.5, 0.6) is 0 Å². The molecule has 1 fully saturated rings. The van der Waals surface area contributed by atoms with Crippen LogP contribution in [0.25, 0.3) is 0 Å². The molecule has 0 bridgehead atoms. The zero-order valence-electron chi connectivity index (χ0n) is 7.06. The van der Waals surface area contributed by atoms with E-state index in [1.54, 1.807) is 12.1 Å². The minimum absolute atomic E-state index is 0.0862. The lowest BCUT2D eigenvalue weighted by Gasteiger charge is -2.05. The number of rotatable bonds is 3. The fourth-order valence-electron chi connectivity index (χ4n) is 1.21. The van der Waals surface area contributed by atoms with Gasteiger partial charge < -0.3 is 13.9 Å². The van der Waals surface area contributed by atoms with E-state index in [1.807, 2.05) is 0 Å². The maximum Gasteiger partial charge on any atom is 0.203 e. The minimum Gasteiger partial charge on any atom is -0.461 e. The summed E-state index contributed by atoms with van der Waals surface area (Å²) < 4.78 is 15.2. The number of furan rings is 1. The fourth-order valence-corrected chi connectivity index (χ4v) is 1.21. The number of hydrogen-bond acceptors (Lipinski definition) is 4. The van der Waals surface area contributed by atoms with Crippen molar-refractivity contribution < 1.29 is 18.7 Å². The molecule has 1 saturated heterocycles. The van der Waals surface area contributed by atoms with E-state index in [1.165, 1.54) is 6.26 Å². The van der Waals surface area contributed by atoms with Gasteiger partial charge in [0, 0.05) is 0 Å². The van der Waals surface area contributed by atoms with E-state index >= 15 is 0 Å².